The van der Waals surface area contributed by atoms with Crippen LogP contribution in [-0.4, -0.2) is 29.2 Å². The highest BCUT2D eigenvalue weighted by Gasteiger charge is 2.55. The first-order valence-corrected chi connectivity index (χ1v) is 9.21. The third-order valence-electron chi connectivity index (χ3n) is 5.01. The molecule has 6 heteroatoms. The predicted octanol–water partition coefficient (Wildman–Crippen LogP) is 2.89. The van der Waals surface area contributed by atoms with Gasteiger partial charge in [-0.05, 0) is 42.5 Å². The van der Waals surface area contributed by atoms with Gasteiger partial charge in [-0.3, -0.25) is 14.5 Å². The number of imide groups is 1. The Morgan fingerprint density at radius 2 is 2.04 bits per heavy atom. The summed E-state index contributed by atoms with van der Waals surface area (Å²) in [6, 6.07) is 10.9. The summed E-state index contributed by atoms with van der Waals surface area (Å²) >= 11 is 1.42. The van der Waals surface area contributed by atoms with Crippen LogP contribution in [0, 0.1) is 0 Å². The molecule has 1 aliphatic heterocycles. The summed E-state index contributed by atoms with van der Waals surface area (Å²) in [4.78, 5) is 40.7. The molecule has 0 saturated carbocycles. The largest absolute Gasteiger partial charge is 0.325 e. The van der Waals surface area contributed by atoms with Crippen molar-refractivity contribution < 1.29 is 14.4 Å². The van der Waals surface area contributed by atoms with E-state index in [9.17, 15) is 14.4 Å². The molecule has 1 spiro atoms. The van der Waals surface area contributed by atoms with Gasteiger partial charge in [0.15, 0.2) is 5.78 Å². The number of thiophene rings is 1. The monoisotopic (exact) mass is 354 g/mol. The summed E-state index contributed by atoms with van der Waals surface area (Å²) in [5.74, 6) is -0.514. The first-order chi connectivity index (χ1) is 12.0. The van der Waals surface area contributed by atoms with Gasteiger partial charge in [0, 0.05) is 4.88 Å². The van der Waals surface area contributed by atoms with Crippen molar-refractivity contribution in [3.63, 3.8) is 0 Å². The topological polar surface area (TPSA) is 66.5 Å². The lowest BCUT2D eigenvalue weighted by Gasteiger charge is -2.22. The molecule has 3 amide bonds. The van der Waals surface area contributed by atoms with Crippen LogP contribution in [0.1, 0.15) is 39.0 Å². The van der Waals surface area contributed by atoms with Crippen LogP contribution in [0.3, 0.4) is 0 Å². The summed E-state index contributed by atoms with van der Waals surface area (Å²) in [6.45, 7) is 1.82. The number of benzene rings is 1. The zero-order chi connectivity index (χ0) is 17.6. The minimum absolute atomic E-state index is 0.198. The van der Waals surface area contributed by atoms with Gasteiger partial charge in [0.2, 0.25) is 0 Å². The fraction of sp³-hybridized carbons (Fsp3) is 0.316. The lowest BCUT2D eigenvalue weighted by molar-refractivity contribution is -0.131. The van der Waals surface area contributed by atoms with E-state index in [1.54, 1.807) is 6.07 Å². The molecule has 2 aliphatic rings. The molecule has 0 radical (unpaired) electrons. The molecular weight excluding hydrogens is 336 g/mol. The number of hydrogen-bond donors (Lipinski definition) is 1. The van der Waals surface area contributed by atoms with Crippen LogP contribution in [0.4, 0.5) is 4.79 Å². The van der Waals surface area contributed by atoms with E-state index in [0.717, 1.165) is 33.7 Å². The number of nitrogens with one attached hydrogen (secondary N) is 1. The van der Waals surface area contributed by atoms with E-state index < -0.39 is 11.6 Å². The van der Waals surface area contributed by atoms with E-state index in [1.165, 1.54) is 11.3 Å². The standard InChI is InChI=1S/C19H18N2O3S/c1-2-13-7-8-16(25-13)15(22)11-21-17(23)19(20-18(21)24)10-9-12-5-3-4-6-14(12)19/h3-8H,2,9-11H2,1H3,(H,20,24)/t19-/m0/s1. The number of fused-ring (bicyclic) bond motifs is 2. The Hall–Kier alpha value is -2.47. The molecule has 4 rings (SSSR count). The van der Waals surface area contributed by atoms with Crippen molar-refractivity contribution in [1.29, 1.82) is 0 Å². The molecule has 1 atom stereocenters. The molecule has 1 aromatic heterocycles. The van der Waals surface area contributed by atoms with E-state index in [4.69, 9.17) is 0 Å². The van der Waals surface area contributed by atoms with Crippen LogP contribution in [0.2, 0.25) is 0 Å². The predicted molar refractivity (Wildman–Crippen MR) is 94.7 cm³/mol. The van der Waals surface area contributed by atoms with Gasteiger partial charge in [-0.2, -0.15) is 0 Å². The Morgan fingerprint density at radius 1 is 1.24 bits per heavy atom. The first-order valence-electron chi connectivity index (χ1n) is 8.39. The SMILES string of the molecule is CCc1ccc(C(=O)CN2C(=O)N[C@]3(CCc4ccccc43)C2=O)s1. The molecular formula is C19H18N2O3S. The molecule has 1 aromatic carbocycles. The number of amides is 3. The molecule has 0 unspecified atom stereocenters. The van der Waals surface area contributed by atoms with Crippen molar-refractivity contribution in [2.45, 2.75) is 31.7 Å². The second-order valence-corrected chi connectivity index (χ2v) is 7.59. The number of carbonyl (C=O) groups excluding carboxylic acids is 3. The van der Waals surface area contributed by atoms with Gasteiger partial charge < -0.3 is 5.32 Å². The summed E-state index contributed by atoms with van der Waals surface area (Å²) in [7, 11) is 0. The highest BCUT2D eigenvalue weighted by Crippen LogP contribution is 2.41. The molecule has 1 aliphatic carbocycles. The maximum atomic E-state index is 13.0. The summed E-state index contributed by atoms with van der Waals surface area (Å²) in [5.41, 5.74) is 0.931. The number of urea groups is 1. The summed E-state index contributed by atoms with van der Waals surface area (Å²) in [6.07, 6.45) is 2.15. The average molecular weight is 354 g/mol. The highest BCUT2D eigenvalue weighted by molar-refractivity contribution is 7.14. The van der Waals surface area contributed by atoms with Crippen molar-refractivity contribution in [1.82, 2.24) is 10.2 Å². The molecule has 25 heavy (non-hydrogen) atoms. The van der Waals surface area contributed by atoms with E-state index in [0.29, 0.717) is 11.3 Å². The van der Waals surface area contributed by atoms with Crippen LogP contribution in [0.25, 0.3) is 0 Å². The Labute approximate surface area is 149 Å². The summed E-state index contributed by atoms with van der Waals surface area (Å²) < 4.78 is 0. The fourth-order valence-corrected chi connectivity index (χ4v) is 4.55. The second-order valence-electron chi connectivity index (χ2n) is 6.43. The molecule has 0 bridgehead atoms. The highest BCUT2D eigenvalue weighted by atomic mass is 32.1. The third kappa shape index (κ3) is 2.40. The lowest BCUT2D eigenvalue weighted by atomic mass is 9.92. The van der Waals surface area contributed by atoms with Gasteiger partial charge in [-0.25, -0.2) is 4.79 Å². The Kier molecular flexibility index (Phi) is 3.72. The maximum Gasteiger partial charge on any atom is 0.325 e. The van der Waals surface area contributed by atoms with E-state index in [-0.39, 0.29) is 18.2 Å². The molecule has 2 heterocycles. The molecule has 5 nitrogen and oxygen atoms in total. The number of nitrogens with zero attached hydrogens (tertiary/aromatic N) is 1. The van der Waals surface area contributed by atoms with Gasteiger partial charge in [0.1, 0.15) is 5.54 Å². The molecule has 1 fully saturated rings. The summed E-state index contributed by atoms with van der Waals surface area (Å²) in [5, 5.41) is 2.85. The van der Waals surface area contributed by atoms with E-state index in [1.807, 2.05) is 37.3 Å². The van der Waals surface area contributed by atoms with Crippen molar-refractivity contribution >= 4 is 29.1 Å². The average Bonchev–Trinajstić information content (AvgIpc) is 3.30. The number of carbonyl (C=O) groups is 3. The van der Waals surface area contributed by atoms with Crippen LogP contribution in [0.5, 0.6) is 0 Å². The normalized spacial score (nSPS) is 21.7. The van der Waals surface area contributed by atoms with Gasteiger partial charge >= 0.3 is 6.03 Å². The zero-order valence-corrected chi connectivity index (χ0v) is 14.7. The fourth-order valence-electron chi connectivity index (χ4n) is 3.67. The van der Waals surface area contributed by atoms with Crippen molar-refractivity contribution in [3.05, 3.63) is 57.3 Å². The van der Waals surface area contributed by atoms with Gasteiger partial charge in [-0.15, -0.1) is 11.3 Å². The van der Waals surface area contributed by atoms with Gasteiger partial charge in [0.25, 0.3) is 5.91 Å². The van der Waals surface area contributed by atoms with Gasteiger partial charge in [-0.1, -0.05) is 31.2 Å². The Bertz CT molecular complexity index is 888. The van der Waals surface area contributed by atoms with E-state index >= 15 is 0 Å². The number of rotatable bonds is 4. The van der Waals surface area contributed by atoms with Crippen LogP contribution in [0.15, 0.2) is 36.4 Å². The Balaban J connectivity index is 1.59. The molecule has 1 saturated heterocycles. The van der Waals surface area contributed by atoms with Crippen molar-refractivity contribution in [3.8, 4) is 0 Å². The number of aryl methyl sites for hydroxylation is 2. The van der Waals surface area contributed by atoms with E-state index in [2.05, 4.69) is 5.32 Å². The van der Waals surface area contributed by atoms with Gasteiger partial charge in [0.05, 0.1) is 11.4 Å². The van der Waals surface area contributed by atoms with Crippen LogP contribution >= 0.6 is 11.3 Å². The van der Waals surface area contributed by atoms with Crippen LogP contribution in [-0.2, 0) is 23.2 Å². The smallest absolute Gasteiger partial charge is 0.319 e. The minimum Gasteiger partial charge on any atom is -0.319 e. The third-order valence-corrected chi connectivity index (χ3v) is 6.28. The quantitative estimate of drug-likeness (QED) is 0.678. The maximum absolute atomic E-state index is 13.0. The molecule has 128 valence electrons. The van der Waals surface area contributed by atoms with Crippen molar-refractivity contribution in [2.75, 3.05) is 6.54 Å². The Morgan fingerprint density at radius 3 is 2.80 bits per heavy atom. The molecule has 1 N–H and O–H groups in total. The lowest BCUT2D eigenvalue weighted by Crippen LogP contribution is -2.42. The second kappa shape index (κ2) is 5.81. The first kappa shape index (κ1) is 16.0. The minimum atomic E-state index is -1.00. The number of hydrogen-bond acceptors (Lipinski definition) is 4. The number of Topliss-reactive ketones (excluding diaryl/α,β-unsaturated/α-hetero) is 1. The molecule has 2 aromatic rings. The van der Waals surface area contributed by atoms with Crippen LogP contribution < -0.4 is 5.32 Å². The zero-order valence-electron chi connectivity index (χ0n) is 13.9. The van der Waals surface area contributed by atoms with Crippen molar-refractivity contribution in [2.24, 2.45) is 0 Å². The number of ketones is 1.